The maximum absolute atomic E-state index is 14.7. The lowest BCUT2D eigenvalue weighted by molar-refractivity contribution is -0.141. The van der Waals surface area contributed by atoms with E-state index < -0.39 is 53.7 Å². The van der Waals surface area contributed by atoms with Crippen molar-refractivity contribution in [2.45, 2.75) is 84.0 Å². The number of hydrogen-bond donors (Lipinski definition) is 7. The Balaban J connectivity index is 1.56. The predicted molar refractivity (Wildman–Crippen MR) is 247 cm³/mol. The van der Waals surface area contributed by atoms with Crippen LogP contribution in [-0.4, -0.2) is 114 Å². The molecule has 350 valence electrons. The number of fused-ring (bicyclic) bond motifs is 5. The molecule has 0 fully saturated rings. The van der Waals surface area contributed by atoms with Gasteiger partial charge >= 0.3 is 0 Å². The highest BCUT2D eigenvalue weighted by Crippen LogP contribution is 2.40. The largest absolute Gasteiger partial charge is 0.492 e. The monoisotopic (exact) mass is 904 g/mol. The lowest BCUT2D eigenvalue weighted by Crippen LogP contribution is -2.56. The molecule has 66 heavy (non-hydrogen) atoms. The summed E-state index contributed by atoms with van der Waals surface area (Å²) in [5.41, 5.74) is 22.1. The predicted octanol–water partition coefficient (Wildman–Crippen LogP) is 1.67. The van der Waals surface area contributed by atoms with Gasteiger partial charge in [-0.25, -0.2) is 9.97 Å². The molecule has 1 unspecified atom stereocenters. The van der Waals surface area contributed by atoms with E-state index in [1.165, 1.54) is 18.9 Å². The average molecular weight is 905 g/mol. The van der Waals surface area contributed by atoms with Crippen molar-refractivity contribution >= 4 is 29.5 Å². The molecule has 1 aliphatic heterocycles. The molecule has 3 heterocycles. The van der Waals surface area contributed by atoms with Crippen LogP contribution in [0, 0.1) is 25.2 Å². The van der Waals surface area contributed by atoms with Crippen molar-refractivity contribution in [3.05, 3.63) is 88.4 Å². The zero-order chi connectivity index (χ0) is 47.9. The third-order valence-electron chi connectivity index (χ3n) is 11.0. The van der Waals surface area contributed by atoms with E-state index in [2.05, 4.69) is 43.1 Å². The molecule has 19 heteroatoms. The molecule has 0 aliphatic carbocycles. The van der Waals surface area contributed by atoms with Gasteiger partial charge in [0.05, 0.1) is 23.0 Å². The Morgan fingerprint density at radius 2 is 1.59 bits per heavy atom. The lowest BCUT2D eigenvalue weighted by atomic mass is 9.93. The molecule has 4 aromatic rings. The second-order valence-corrected chi connectivity index (χ2v) is 15.9. The van der Waals surface area contributed by atoms with Crippen LogP contribution in [0.4, 0.5) is 0 Å². The van der Waals surface area contributed by atoms with Crippen molar-refractivity contribution < 1.29 is 33.4 Å². The first kappa shape index (κ1) is 50.0. The van der Waals surface area contributed by atoms with E-state index >= 15 is 0 Å². The van der Waals surface area contributed by atoms with Gasteiger partial charge in [-0.1, -0.05) is 31.5 Å². The minimum atomic E-state index is -1.41. The number of carbonyl (C=O) groups is 5. The minimum Gasteiger partial charge on any atom is -0.492 e. The summed E-state index contributed by atoms with van der Waals surface area (Å²) in [5.74, 6) is -2.26. The van der Waals surface area contributed by atoms with Crippen LogP contribution >= 0.6 is 0 Å². The first-order valence-corrected chi connectivity index (χ1v) is 22.0. The van der Waals surface area contributed by atoms with E-state index in [1.807, 2.05) is 18.2 Å². The number of nitrogens with one attached hydrogen (secondary N) is 4. The van der Waals surface area contributed by atoms with Crippen LogP contribution in [0.2, 0.25) is 0 Å². The Bertz CT molecular complexity index is 2400. The highest BCUT2D eigenvalue weighted by molar-refractivity contribution is 6.00. The number of hydrogen-bond acceptors (Lipinski definition) is 14. The summed E-state index contributed by atoms with van der Waals surface area (Å²) in [6.07, 6.45) is 4.81. The van der Waals surface area contributed by atoms with Gasteiger partial charge in [0.15, 0.2) is 5.82 Å². The topological polar surface area (TPSA) is 296 Å². The molecule has 0 saturated carbocycles. The maximum Gasteiger partial charge on any atom is 0.255 e. The van der Waals surface area contributed by atoms with Crippen LogP contribution in [0.15, 0.2) is 54.7 Å². The molecule has 2 aromatic carbocycles. The zero-order valence-corrected chi connectivity index (χ0v) is 38.1. The standard InChI is InChI=1S/C47H60N12O7/c1-6-7-8-30-9-12-35(53-26-30)42-54-27(2)40(28(3)55-42)45(62)57-36(15-16-48)47(64)59(5)41-32-11-14-39(66-22-19-51)34(25-32)33-23-31(10-13-38(33)65-21-18-50)24-37(44(61)52-20-17-49)58-43(60)29(4)56-46(41)63/h9-14,23,25-26,29,36-37,41H,6-8,15-16,18-22,24,48,50-51H2,1-5H3,(H,52,61)(H,56,63)(H,57,62)(H,58,60)/t29-,36?,37-,41-/m0/s1. The Kier molecular flexibility index (Phi) is 18.0. The highest BCUT2D eigenvalue weighted by Gasteiger charge is 2.36. The van der Waals surface area contributed by atoms with Crippen LogP contribution in [0.25, 0.3) is 22.6 Å². The number of benzene rings is 2. The van der Waals surface area contributed by atoms with Crippen molar-refractivity contribution in [3.63, 3.8) is 0 Å². The molecule has 1 aliphatic rings. The Hall–Kier alpha value is -7.01. The first-order valence-electron chi connectivity index (χ1n) is 22.0. The van der Waals surface area contributed by atoms with Gasteiger partial charge < -0.3 is 52.8 Å². The molecule has 19 nitrogen and oxygen atoms in total. The number of ether oxygens (including phenoxy) is 2. The normalized spacial score (nSPS) is 16.4. The number of pyridine rings is 1. The molecule has 0 spiro atoms. The summed E-state index contributed by atoms with van der Waals surface area (Å²) in [7, 11) is 1.41. The van der Waals surface area contributed by atoms with Crippen molar-refractivity contribution in [2.24, 2.45) is 17.2 Å². The number of unbranched alkanes of at least 4 members (excludes halogenated alkanes) is 1. The first-order chi connectivity index (χ1) is 31.7. The van der Waals surface area contributed by atoms with Crippen LogP contribution in [0.3, 0.4) is 0 Å². The molecular formula is C47H60N12O7. The van der Waals surface area contributed by atoms with Gasteiger partial charge in [0, 0.05) is 43.9 Å². The van der Waals surface area contributed by atoms with Gasteiger partial charge in [0.1, 0.15) is 61.1 Å². The lowest BCUT2D eigenvalue weighted by Gasteiger charge is -2.32. The molecular weight excluding hydrogens is 845 g/mol. The number of rotatable bonds is 18. The minimum absolute atomic E-state index is 0.000141. The van der Waals surface area contributed by atoms with Crippen molar-refractivity contribution in [1.29, 1.82) is 5.26 Å². The fourth-order valence-electron chi connectivity index (χ4n) is 7.61. The number of aromatic nitrogens is 3. The second kappa shape index (κ2) is 23.8. The van der Waals surface area contributed by atoms with Crippen molar-refractivity contribution in [1.82, 2.24) is 41.1 Å². The fraction of sp³-hybridized carbons (Fsp3) is 0.426. The van der Waals surface area contributed by atoms with E-state index in [4.69, 9.17) is 31.9 Å². The van der Waals surface area contributed by atoms with Gasteiger partial charge in [-0.05, 0) is 93.6 Å². The van der Waals surface area contributed by atoms with E-state index in [0.717, 1.165) is 24.8 Å². The van der Waals surface area contributed by atoms with Crippen molar-refractivity contribution in [2.75, 3.05) is 46.4 Å². The summed E-state index contributed by atoms with van der Waals surface area (Å²) in [4.78, 5) is 85.4. The average Bonchev–Trinajstić information content (AvgIpc) is 3.30. The number of carbonyl (C=O) groups excluding carboxylic acids is 5. The molecule has 10 N–H and O–H groups in total. The van der Waals surface area contributed by atoms with Gasteiger partial charge in [-0.15, -0.1) is 0 Å². The Morgan fingerprint density at radius 1 is 0.924 bits per heavy atom. The third-order valence-corrected chi connectivity index (χ3v) is 11.0. The maximum atomic E-state index is 14.7. The SMILES string of the molecule is CCCCc1ccc(-c2nc(C)c(C(=O)NC(CCN)C(=O)N(C)[C@@H]3C(=O)N[C@@H](C)C(=O)N[C@H](C(=O)NCC#N)Cc4ccc(OCCN)c(c4)-c4cc3ccc4OCCN)c(C)n2)nc1. The van der Waals surface area contributed by atoms with Crippen LogP contribution in [0.5, 0.6) is 11.5 Å². The molecule has 4 bridgehead atoms. The van der Waals surface area contributed by atoms with Gasteiger partial charge in [-0.2, -0.15) is 5.26 Å². The molecule has 5 rings (SSSR count). The zero-order valence-electron chi connectivity index (χ0n) is 38.1. The fourth-order valence-corrected chi connectivity index (χ4v) is 7.61. The summed E-state index contributed by atoms with van der Waals surface area (Å²) in [6, 6.07) is 10.8. The molecule has 0 radical (unpaired) electrons. The van der Waals surface area contributed by atoms with Gasteiger partial charge in [0.2, 0.25) is 23.6 Å². The summed E-state index contributed by atoms with van der Waals surface area (Å²) >= 11 is 0. The van der Waals surface area contributed by atoms with E-state index in [1.54, 1.807) is 56.4 Å². The number of aryl methyl sites for hydroxylation is 3. The number of nitriles is 1. The number of nitrogens with two attached hydrogens (primary N) is 3. The van der Waals surface area contributed by atoms with Crippen LogP contribution in [0.1, 0.15) is 77.6 Å². The third kappa shape index (κ3) is 12.4. The van der Waals surface area contributed by atoms with E-state index in [0.29, 0.717) is 56.7 Å². The Labute approximate surface area is 384 Å². The van der Waals surface area contributed by atoms with Gasteiger partial charge in [-0.3, -0.25) is 29.0 Å². The van der Waals surface area contributed by atoms with Gasteiger partial charge in [0.25, 0.3) is 5.91 Å². The Morgan fingerprint density at radius 3 is 2.20 bits per heavy atom. The van der Waals surface area contributed by atoms with E-state index in [-0.39, 0.29) is 57.8 Å². The number of likely N-dealkylation sites (N-methyl/N-ethyl adjacent to an activating group) is 1. The molecule has 0 saturated heterocycles. The van der Waals surface area contributed by atoms with Crippen LogP contribution < -0.4 is 47.9 Å². The smallest absolute Gasteiger partial charge is 0.255 e. The highest BCUT2D eigenvalue weighted by atomic mass is 16.5. The van der Waals surface area contributed by atoms with Crippen LogP contribution in [-0.2, 0) is 32.0 Å². The van der Waals surface area contributed by atoms with Crippen molar-refractivity contribution in [3.8, 4) is 40.2 Å². The molecule has 5 amide bonds. The second-order valence-electron chi connectivity index (χ2n) is 15.9. The summed E-state index contributed by atoms with van der Waals surface area (Å²) in [6.45, 7) is 7.26. The quantitative estimate of drug-likeness (QED) is 0.0700. The molecule has 2 aromatic heterocycles. The van der Waals surface area contributed by atoms with E-state index in [9.17, 15) is 24.0 Å². The summed E-state index contributed by atoms with van der Waals surface area (Å²) in [5, 5.41) is 19.9. The number of amides is 5. The summed E-state index contributed by atoms with van der Waals surface area (Å²) < 4.78 is 12.2. The molecule has 4 atom stereocenters. The number of nitrogens with zero attached hydrogens (tertiary/aromatic N) is 5.